The van der Waals surface area contributed by atoms with Gasteiger partial charge in [0, 0.05) is 24.7 Å². The summed E-state index contributed by atoms with van der Waals surface area (Å²) in [5, 5.41) is 7.36. The average molecular weight is 403 g/mol. The minimum Gasteiger partial charge on any atom is -0.484 e. The Morgan fingerprint density at radius 2 is 1.86 bits per heavy atom. The summed E-state index contributed by atoms with van der Waals surface area (Å²) in [5.41, 5.74) is 7.33. The van der Waals surface area contributed by atoms with Crippen LogP contribution in [0.2, 0.25) is 5.02 Å². The number of ether oxygens (including phenoxy) is 1. The largest absolute Gasteiger partial charge is 0.484 e. The van der Waals surface area contributed by atoms with Crippen LogP contribution in [0.5, 0.6) is 5.75 Å². The molecule has 0 saturated heterocycles. The Kier molecular flexibility index (Phi) is 9.15. The van der Waals surface area contributed by atoms with Gasteiger partial charge in [-0.15, -0.1) is 0 Å². The van der Waals surface area contributed by atoms with Crippen molar-refractivity contribution in [3.05, 3.63) is 64.7 Å². The first-order valence-corrected chi connectivity index (χ1v) is 9.72. The Hall–Kier alpha value is -2.73. The van der Waals surface area contributed by atoms with Crippen molar-refractivity contribution in [1.29, 1.82) is 0 Å². The summed E-state index contributed by atoms with van der Waals surface area (Å²) < 4.78 is 5.26. The Labute approximate surface area is 171 Å². The smallest absolute Gasteiger partial charge is 0.255 e. The first kappa shape index (κ1) is 21.6. The van der Waals surface area contributed by atoms with Crippen LogP contribution in [-0.4, -0.2) is 38.1 Å². The molecule has 6 nitrogen and oxygen atoms in total. The fraction of sp³-hybridized carbons (Fsp3) is 0.333. The van der Waals surface area contributed by atoms with E-state index in [0.29, 0.717) is 12.3 Å². The van der Waals surface area contributed by atoms with E-state index in [1.807, 2.05) is 55.5 Å². The number of hydrogen-bond donors (Lipinski definition) is 3. The highest BCUT2D eigenvalue weighted by Gasteiger charge is 2.02. The minimum atomic E-state index is -0.488. The van der Waals surface area contributed by atoms with Crippen molar-refractivity contribution in [1.82, 2.24) is 10.6 Å². The van der Waals surface area contributed by atoms with Crippen LogP contribution in [0.1, 0.15) is 18.1 Å². The summed E-state index contributed by atoms with van der Waals surface area (Å²) in [6.45, 7) is 4.13. The molecule has 0 heterocycles. The van der Waals surface area contributed by atoms with Crippen LogP contribution in [0.4, 0.5) is 0 Å². The second-order valence-corrected chi connectivity index (χ2v) is 6.58. The molecule has 2 rings (SSSR count). The number of primary amides is 1. The van der Waals surface area contributed by atoms with Crippen molar-refractivity contribution in [2.45, 2.75) is 19.8 Å². The number of amides is 1. The summed E-state index contributed by atoms with van der Waals surface area (Å²) in [5.74, 6) is 0.930. The third-order valence-electron chi connectivity index (χ3n) is 3.96. The fourth-order valence-electron chi connectivity index (χ4n) is 2.56. The van der Waals surface area contributed by atoms with Gasteiger partial charge in [-0.05, 0) is 49.1 Å². The number of guanidine groups is 1. The van der Waals surface area contributed by atoms with Crippen molar-refractivity contribution < 1.29 is 9.53 Å². The van der Waals surface area contributed by atoms with Crippen LogP contribution in [0.25, 0.3) is 0 Å². The fourth-order valence-corrected chi connectivity index (χ4v) is 2.79. The normalized spacial score (nSPS) is 11.1. The lowest BCUT2D eigenvalue weighted by atomic mass is 10.1. The molecule has 2 aromatic carbocycles. The Bertz CT molecular complexity index is 778. The molecule has 7 heteroatoms. The predicted molar refractivity (Wildman–Crippen MR) is 114 cm³/mol. The molecule has 0 aliphatic rings. The zero-order valence-corrected chi connectivity index (χ0v) is 16.8. The molecular formula is C21H27ClN4O2. The van der Waals surface area contributed by atoms with Crippen LogP contribution < -0.4 is 21.1 Å². The molecule has 4 N–H and O–H groups in total. The summed E-state index contributed by atoms with van der Waals surface area (Å²) in [6.07, 6.45) is 1.63. The first-order chi connectivity index (χ1) is 13.6. The van der Waals surface area contributed by atoms with E-state index in [4.69, 9.17) is 22.1 Å². The maximum atomic E-state index is 10.7. The van der Waals surface area contributed by atoms with E-state index >= 15 is 0 Å². The van der Waals surface area contributed by atoms with E-state index in [1.54, 1.807) is 0 Å². The van der Waals surface area contributed by atoms with Crippen LogP contribution in [-0.2, 0) is 17.6 Å². The van der Waals surface area contributed by atoms with Gasteiger partial charge in [-0.3, -0.25) is 9.79 Å². The van der Waals surface area contributed by atoms with E-state index < -0.39 is 5.91 Å². The Morgan fingerprint density at radius 1 is 1.11 bits per heavy atom. The highest BCUT2D eigenvalue weighted by atomic mass is 35.5. The quantitative estimate of drug-likeness (QED) is 0.421. The summed E-state index contributed by atoms with van der Waals surface area (Å²) in [4.78, 5) is 15.3. The lowest BCUT2D eigenvalue weighted by Gasteiger charge is -2.12. The molecular weight excluding hydrogens is 376 g/mol. The molecule has 0 spiro atoms. The van der Waals surface area contributed by atoms with Crippen LogP contribution in [0.3, 0.4) is 0 Å². The molecule has 2 aromatic rings. The molecule has 0 fully saturated rings. The topological polar surface area (TPSA) is 88.7 Å². The molecule has 0 atom stereocenters. The number of nitrogens with one attached hydrogen (secondary N) is 2. The minimum absolute atomic E-state index is 0.113. The molecule has 0 aromatic heterocycles. The number of benzene rings is 2. The second kappa shape index (κ2) is 11.9. The zero-order chi connectivity index (χ0) is 20.2. The average Bonchev–Trinajstić information content (AvgIpc) is 2.69. The number of nitrogens with zero attached hydrogens (tertiary/aromatic N) is 1. The highest BCUT2D eigenvalue weighted by molar-refractivity contribution is 6.31. The van der Waals surface area contributed by atoms with Crippen molar-refractivity contribution in [2.24, 2.45) is 10.7 Å². The third-order valence-corrected chi connectivity index (χ3v) is 4.33. The lowest BCUT2D eigenvalue weighted by molar-refractivity contribution is -0.119. The molecule has 0 aliphatic heterocycles. The lowest BCUT2D eigenvalue weighted by Crippen LogP contribution is -2.38. The summed E-state index contributed by atoms with van der Waals surface area (Å²) >= 11 is 6.19. The van der Waals surface area contributed by atoms with Gasteiger partial charge in [-0.1, -0.05) is 41.9 Å². The van der Waals surface area contributed by atoms with Crippen molar-refractivity contribution in [3.8, 4) is 5.75 Å². The van der Waals surface area contributed by atoms with Crippen molar-refractivity contribution in [3.63, 3.8) is 0 Å². The van der Waals surface area contributed by atoms with Gasteiger partial charge in [-0.25, -0.2) is 0 Å². The molecule has 150 valence electrons. The molecule has 0 saturated carbocycles. The molecule has 0 aliphatic carbocycles. The van der Waals surface area contributed by atoms with E-state index in [-0.39, 0.29) is 6.61 Å². The number of halogens is 1. The Balaban J connectivity index is 1.79. The number of hydrogen-bond acceptors (Lipinski definition) is 3. The maximum Gasteiger partial charge on any atom is 0.255 e. The number of nitrogens with two attached hydrogens (primary N) is 1. The van der Waals surface area contributed by atoms with Gasteiger partial charge in [-0.2, -0.15) is 0 Å². The van der Waals surface area contributed by atoms with Crippen LogP contribution >= 0.6 is 11.6 Å². The van der Waals surface area contributed by atoms with Gasteiger partial charge < -0.3 is 21.1 Å². The van der Waals surface area contributed by atoms with Gasteiger partial charge in [0.1, 0.15) is 5.75 Å². The van der Waals surface area contributed by atoms with Crippen molar-refractivity contribution >= 4 is 23.5 Å². The monoisotopic (exact) mass is 402 g/mol. The number of aliphatic imine (C=N–C) groups is 1. The Morgan fingerprint density at radius 3 is 2.54 bits per heavy atom. The standard InChI is InChI=1S/C21H27ClN4O2/c1-2-24-21(26-14-12-17-5-3-4-6-19(17)22)25-13-11-16-7-9-18(10-8-16)28-15-20(23)27/h3-10H,2,11-15H2,1H3,(H2,23,27)(H2,24,25,26). The number of carbonyl (C=O) groups excluding carboxylic acids is 1. The molecule has 0 bridgehead atoms. The van der Waals surface area contributed by atoms with Gasteiger partial charge in [0.25, 0.3) is 5.91 Å². The molecule has 0 radical (unpaired) electrons. The van der Waals surface area contributed by atoms with Gasteiger partial charge in [0.15, 0.2) is 12.6 Å². The zero-order valence-electron chi connectivity index (χ0n) is 16.1. The predicted octanol–water partition coefficient (Wildman–Crippen LogP) is 2.54. The number of carbonyl (C=O) groups is 1. The van der Waals surface area contributed by atoms with E-state index in [9.17, 15) is 4.79 Å². The highest BCUT2D eigenvalue weighted by Crippen LogP contribution is 2.15. The molecule has 28 heavy (non-hydrogen) atoms. The van der Waals surface area contributed by atoms with E-state index in [2.05, 4.69) is 15.6 Å². The molecule has 1 amide bonds. The summed E-state index contributed by atoms with van der Waals surface area (Å²) in [7, 11) is 0. The van der Waals surface area contributed by atoms with Crippen LogP contribution in [0.15, 0.2) is 53.5 Å². The van der Waals surface area contributed by atoms with Gasteiger partial charge >= 0.3 is 0 Å². The van der Waals surface area contributed by atoms with Gasteiger partial charge in [0.05, 0.1) is 0 Å². The number of rotatable bonds is 10. The SMILES string of the molecule is CCNC(=NCCc1ccccc1Cl)NCCc1ccc(OCC(N)=O)cc1. The van der Waals surface area contributed by atoms with E-state index in [0.717, 1.165) is 48.0 Å². The first-order valence-electron chi connectivity index (χ1n) is 9.34. The maximum absolute atomic E-state index is 10.7. The van der Waals surface area contributed by atoms with Crippen molar-refractivity contribution in [2.75, 3.05) is 26.2 Å². The molecule has 0 unspecified atom stereocenters. The van der Waals surface area contributed by atoms with E-state index in [1.165, 1.54) is 0 Å². The third kappa shape index (κ3) is 7.88. The summed E-state index contributed by atoms with van der Waals surface area (Å²) in [6, 6.07) is 15.4. The van der Waals surface area contributed by atoms with Crippen LogP contribution in [0, 0.1) is 0 Å². The van der Waals surface area contributed by atoms with Gasteiger partial charge in [0.2, 0.25) is 0 Å². The second-order valence-electron chi connectivity index (χ2n) is 6.18.